The van der Waals surface area contributed by atoms with Crippen molar-refractivity contribution in [3.05, 3.63) is 95.7 Å². The fraction of sp³-hybridized carbons (Fsp3) is 0.241. The Morgan fingerprint density at radius 3 is 2.33 bits per heavy atom. The zero-order chi connectivity index (χ0) is 24.6. The van der Waals surface area contributed by atoms with E-state index in [1.165, 1.54) is 5.69 Å². The van der Waals surface area contributed by atoms with Crippen LogP contribution >= 0.6 is 0 Å². The van der Waals surface area contributed by atoms with Gasteiger partial charge in [-0.15, -0.1) is 0 Å². The van der Waals surface area contributed by atoms with E-state index in [2.05, 4.69) is 45.1 Å². The van der Waals surface area contributed by atoms with E-state index in [1.807, 2.05) is 60.4 Å². The number of hydrogen-bond donors (Lipinski definition) is 1. The number of carbonyl (C=O) groups is 1. The van der Waals surface area contributed by atoms with E-state index in [9.17, 15) is 4.79 Å². The summed E-state index contributed by atoms with van der Waals surface area (Å²) in [6.07, 6.45) is 0. The Bertz CT molecular complexity index is 1430. The number of rotatable bonds is 4. The van der Waals surface area contributed by atoms with Crippen LogP contribution in [0.4, 0.5) is 11.6 Å². The van der Waals surface area contributed by atoms with Gasteiger partial charge in [0, 0.05) is 37.6 Å². The second-order valence-electron chi connectivity index (χ2n) is 9.25. The maximum absolute atomic E-state index is 14.1. The van der Waals surface area contributed by atoms with Crippen LogP contribution in [0.5, 0.6) is 5.75 Å². The Balaban J connectivity index is 1.37. The molecule has 7 nitrogen and oxygen atoms in total. The number of allylic oxidation sites excluding steroid dienone is 1. The van der Waals surface area contributed by atoms with Crippen LogP contribution in [0, 0.1) is 0 Å². The van der Waals surface area contributed by atoms with Crippen molar-refractivity contribution in [1.29, 1.82) is 0 Å². The van der Waals surface area contributed by atoms with Crippen molar-refractivity contribution >= 4 is 28.6 Å². The second-order valence-corrected chi connectivity index (χ2v) is 9.25. The molecule has 1 saturated heterocycles. The van der Waals surface area contributed by atoms with Crippen molar-refractivity contribution < 1.29 is 9.53 Å². The number of aromatic nitrogens is 2. The van der Waals surface area contributed by atoms with Crippen molar-refractivity contribution in [2.45, 2.75) is 13.0 Å². The smallest absolute Gasteiger partial charge is 0.254 e. The van der Waals surface area contributed by atoms with Crippen LogP contribution in [0.15, 0.2) is 90.1 Å². The zero-order valence-corrected chi connectivity index (χ0v) is 20.5. The van der Waals surface area contributed by atoms with Crippen molar-refractivity contribution in [3.8, 4) is 5.75 Å². The molecule has 1 fully saturated rings. The number of piperazine rings is 1. The number of nitrogens with zero attached hydrogens (tertiary/aromatic N) is 4. The molecule has 0 bridgehead atoms. The fourth-order valence-electron chi connectivity index (χ4n) is 5.32. The first-order valence-corrected chi connectivity index (χ1v) is 12.3. The van der Waals surface area contributed by atoms with Crippen molar-refractivity contribution in [3.63, 3.8) is 0 Å². The van der Waals surface area contributed by atoms with E-state index in [4.69, 9.17) is 9.72 Å². The summed E-state index contributed by atoms with van der Waals surface area (Å²) < 4.78 is 7.55. The maximum atomic E-state index is 14.1. The van der Waals surface area contributed by atoms with E-state index in [0.717, 1.165) is 52.7 Å². The fourth-order valence-corrected chi connectivity index (χ4v) is 5.32. The summed E-state index contributed by atoms with van der Waals surface area (Å²) in [5, 5.41) is 3.43. The van der Waals surface area contributed by atoms with E-state index < -0.39 is 0 Å². The first kappa shape index (κ1) is 22.2. The van der Waals surface area contributed by atoms with E-state index in [1.54, 1.807) is 7.11 Å². The molecule has 0 radical (unpaired) electrons. The minimum atomic E-state index is -0.292. The van der Waals surface area contributed by atoms with Crippen LogP contribution in [0.25, 0.3) is 11.0 Å². The minimum absolute atomic E-state index is 0.0666. The van der Waals surface area contributed by atoms with Crippen LogP contribution in [0.1, 0.15) is 18.5 Å². The van der Waals surface area contributed by atoms with E-state index >= 15 is 0 Å². The molecular formula is C29H29N5O2. The summed E-state index contributed by atoms with van der Waals surface area (Å²) in [6, 6.07) is 26.2. The van der Waals surface area contributed by atoms with Crippen molar-refractivity contribution in [2.24, 2.45) is 0 Å². The van der Waals surface area contributed by atoms with Gasteiger partial charge in [-0.2, -0.15) is 0 Å². The number of fused-ring (bicyclic) bond motifs is 3. The number of benzene rings is 3. The number of ether oxygens (including phenoxy) is 1. The Hall–Kier alpha value is -4.26. The van der Waals surface area contributed by atoms with Crippen molar-refractivity contribution in [1.82, 2.24) is 14.5 Å². The van der Waals surface area contributed by atoms with Gasteiger partial charge in [-0.05, 0) is 48.9 Å². The van der Waals surface area contributed by atoms with Crippen LogP contribution in [0.3, 0.4) is 0 Å². The highest BCUT2D eigenvalue weighted by Gasteiger charge is 2.36. The van der Waals surface area contributed by atoms with E-state index in [0.29, 0.717) is 13.1 Å². The first-order chi connectivity index (χ1) is 17.6. The molecule has 3 heterocycles. The van der Waals surface area contributed by atoms with Gasteiger partial charge in [-0.1, -0.05) is 42.5 Å². The number of methoxy groups -OCH3 is 1. The molecule has 0 spiro atoms. The predicted octanol–water partition coefficient (Wildman–Crippen LogP) is 4.68. The summed E-state index contributed by atoms with van der Waals surface area (Å²) in [4.78, 5) is 23.3. The van der Waals surface area contributed by atoms with Gasteiger partial charge in [0.2, 0.25) is 5.95 Å². The topological polar surface area (TPSA) is 62.6 Å². The summed E-state index contributed by atoms with van der Waals surface area (Å²) in [5.74, 6) is 1.60. The summed E-state index contributed by atoms with van der Waals surface area (Å²) in [6.45, 7) is 4.95. The Kier molecular flexibility index (Phi) is 5.60. The number of hydrogen-bond acceptors (Lipinski definition) is 5. The lowest BCUT2D eigenvalue weighted by atomic mass is 9.93. The first-order valence-electron chi connectivity index (χ1n) is 12.3. The molecular weight excluding hydrogens is 450 g/mol. The third-order valence-corrected chi connectivity index (χ3v) is 7.18. The molecule has 7 heteroatoms. The van der Waals surface area contributed by atoms with Crippen LogP contribution in [-0.4, -0.2) is 53.6 Å². The van der Waals surface area contributed by atoms with Gasteiger partial charge < -0.3 is 19.9 Å². The van der Waals surface area contributed by atoms with Crippen LogP contribution in [0.2, 0.25) is 0 Å². The average molecular weight is 480 g/mol. The maximum Gasteiger partial charge on any atom is 0.254 e. The van der Waals surface area contributed by atoms with Gasteiger partial charge in [-0.3, -0.25) is 9.36 Å². The predicted molar refractivity (Wildman–Crippen MR) is 142 cm³/mol. The van der Waals surface area contributed by atoms with Crippen molar-refractivity contribution in [2.75, 3.05) is 43.5 Å². The zero-order valence-electron chi connectivity index (χ0n) is 20.5. The number of carbonyl (C=O) groups excluding carboxylic acids is 1. The highest BCUT2D eigenvalue weighted by Crippen LogP contribution is 2.40. The standard InChI is InChI=1S/C29H29N5O2/c1-20-26(28(35)33-18-16-32(17-19-33)22-8-4-3-5-9-22)27(21-12-14-23(36-2)15-13-21)34-25-11-7-6-10-24(25)31-29(34)30-20/h3-15,27H,16-19H2,1-2H3,(H,30,31)/t27-/m0/s1. The number of nitrogens with one attached hydrogen (secondary N) is 1. The molecule has 1 atom stereocenters. The number of para-hydroxylation sites is 3. The Labute approximate surface area is 210 Å². The number of imidazole rings is 1. The summed E-state index contributed by atoms with van der Waals surface area (Å²) >= 11 is 0. The van der Waals surface area contributed by atoms with Gasteiger partial charge in [0.05, 0.1) is 29.8 Å². The molecule has 182 valence electrons. The molecule has 2 aliphatic rings. The van der Waals surface area contributed by atoms with Gasteiger partial charge in [0.15, 0.2) is 0 Å². The molecule has 0 aliphatic carbocycles. The highest BCUT2D eigenvalue weighted by atomic mass is 16.5. The molecule has 1 N–H and O–H groups in total. The number of anilines is 2. The lowest BCUT2D eigenvalue weighted by molar-refractivity contribution is -0.127. The van der Waals surface area contributed by atoms with E-state index in [-0.39, 0.29) is 11.9 Å². The lowest BCUT2D eigenvalue weighted by Gasteiger charge is -2.39. The van der Waals surface area contributed by atoms with Gasteiger partial charge >= 0.3 is 0 Å². The minimum Gasteiger partial charge on any atom is -0.497 e. The Morgan fingerprint density at radius 1 is 0.917 bits per heavy atom. The lowest BCUT2D eigenvalue weighted by Crippen LogP contribution is -2.50. The quantitative estimate of drug-likeness (QED) is 0.460. The molecule has 36 heavy (non-hydrogen) atoms. The second kappa shape index (κ2) is 9.07. The summed E-state index contributed by atoms with van der Waals surface area (Å²) in [7, 11) is 1.66. The molecule has 6 rings (SSSR count). The SMILES string of the molecule is COc1ccc([C@H]2C(C(=O)N3CCN(c4ccccc4)CC3)=C(C)Nc3nc4ccccc4n32)cc1. The molecule has 0 saturated carbocycles. The summed E-state index contributed by atoms with van der Waals surface area (Å²) in [5.41, 5.74) is 5.71. The highest BCUT2D eigenvalue weighted by molar-refractivity contribution is 5.98. The normalized spacial score (nSPS) is 17.7. The molecule has 1 amide bonds. The molecule has 3 aromatic carbocycles. The molecule has 0 unspecified atom stereocenters. The largest absolute Gasteiger partial charge is 0.497 e. The average Bonchev–Trinajstić information content (AvgIpc) is 3.30. The monoisotopic (exact) mass is 479 g/mol. The van der Waals surface area contributed by atoms with Gasteiger partial charge in [0.25, 0.3) is 5.91 Å². The number of amides is 1. The van der Waals surface area contributed by atoms with Gasteiger partial charge in [0.1, 0.15) is 5.75 Å². The van der Waals surface area contributed by atoms with Gasteiger partial charge in [-0.25, -0.2) is 4.98 Å². The molecule has 4 aromatic rings. The third-order valence-electron chi connectivity index (χ3n) is 7.18. The molecule has 1 aromatic heterocycles. The molecule has 2 aliphatic heterocycles. The third kappa shape index (κ3) is 3.77. The Morgan fingerprint density at radius 2 is 1.61 bits per heavy atom. The van der Waals surface area contributed by atoms with Crippen LogP contribution < -0.4 is 15.0 Å². The van der Waals surface area contributed by atoms with Crippen LogP contribution in [-0.2, 0) is 4.79 Å².